The smallest absolute Gasteiger partial charge is 0.283 e. The van der Waals surface area contributed by atoms with Gasteiger partial charge in [0.15, 0.2) is 0 Å². The Morgan fingerprint density at radius 1 is 1.21 bits per heavy atom. The lowest BCUT2D eigenvalue weighted by Gasteiger charge is -2.32. The van der Waals surface area contributed by atoms with E-state index >= 15 is 0 Å². The predicted molar refractivity (Wildman–Crippen MR) is 109 cm³/mol. The number of hydrogen-bond acceptors (Lipinski definition) is 3. The van der Waals surface area contributed by atoms with E-state index in [4.69, 9.17) is 0 Å². The quantitative estimate of drug-likeness (QED) is 0.705. The molecule has 156 valence electrons. The molecule has 8 heteroatoms. The third-order valence-electron chi connectivity index (χ3n) is 4.65. The highest BCUT2D eigenvalue weighted by atomic mass is 31.0. The lowest BCUT2D eigenvalue weighted by molar-refractivity contribution is -0.124. The van der Waals surface area contributed by atoms with Crippen LogP contribution in [-0.4, -0.2) is 48.4 Å². The van der Waals surface area contributed by atoms with E-state index in [1.807, 2.05) is 20.8 Å². The summed E-state index contributed by atoms with van der Waals surface area (Å²) in [7, 11) is 1.48. The number of nitrogens with one attached hydrogen (secondary N) is 2. The van der Waals surface area contributed by atoms with Gasteiger partial charge in [-0.1, -0.05) is 21.4 Å². The Balaban J connectivity index is 1.77. The number of alkyl halides is 2. The van der Waals surface area contributed by atoms with Gasteiger partial charge in [-0.25, -0.2) is 0 Å². The molecule has 0 spiro atoms. The topological polar surface area (TPSA) is 61.4 Å². The number of rotatable bonds is 6. The third kappa shape index (κ3) is 7.44. The Labute approximate surface area is 167 Å². The number of benzene rings is 1. The standard InChI is InChI=1S/C20H30F2N3O2P/c1-19(2,3)24-17(26)13-25-9-7-14(8-10-25)12-23-18(27)15-5-4-6-16(11-15)20(21,22)28/h4-6,11,14H,7-10,12-13,28H2,1-3H3,(H,23,27)(H,24,26). The van der Waals surface area contributed by atoms with Crippen LogP contribution in [0, 0.1) is 5.92 Å². The number of hydrogen-bond donors (Lipinski definition) is 2. The molecule has 1 aliphatic rings. The normalized spacial score (nSPS) is 16.6. The van der Waals surface area contributed by atoms with Crippen molar-refractivity contribution < 1.29 is 18.4 Å². The van der Waals surface area contributed by atoms with E-state index < -0.39 is 5.66 Å². The van der Waals surface area contributed by atoms with E-state index in [9.17, 15) is 18.4 Å². The second kappa shape index (κ2) is 9.27. The Morgan fingerprint density at radius 3 is 2.43 bits per heavy atom. The van der Waals surface area contributed by atoms with Crippen LogP contribution < -0.4 is 10.6 Å². The van der Waals surface area contributed by atoms with Gasteiger partial charge in [0.1, 0.15) is 0 Å². The second-order valence-corrected chi connectivity index (χ2v) is 9.16. The molecular formula is C20H30F2N3O2P. The number of halogens is 2. The summed E-state index contributed by atoms with van der Waals surface area (Å²) in [6, 6.07) is 5.52. The van der Waals surface area contributed by atoms with Gasteiger partial charge in [-0.15, -0.1) is 0 Å². The molecule has 1 atom stereocenters. The van der Waals surface area contributed by atoms with Crippen LogP contribution >= 0.6 is 9.24 Å². The first-order valence-electron chi connectivity index (χ1n) is 9.53. The average molecular weight is 413 g/mol. The first kappa shape index (κ1) is 22.7. The van der Waals surface area contributed by atoms with Gasteiger partial charge in [0, 0.05) is 23.2 Å². The van der Waals surface area contributed by atoms with Crippen molar-refractivity contribution in [3.05, 3.63) is 35.4 Å². The largest absolute Gasteiger partial charge is 0.352 e. The van der Waals surface area contributed by atoms with Crippen LogP contribution in [0.2, 0.25) is 0 Å². The Hall–Kier alpha value is -1.59. The lowest BCUT2D eigenvalue weighted by atomic mass is 9.96. The summed E-state index contributed by atoms with van der Waals surface area (Å²) < 4.78 is 26.8. The minimum absolute atomic E-state index is 0.0185. The van der Waals surface area contributed by atoms with E-state index in [0.717, 1.165) is 25.9 Å². The van der Waals surface area contributed by atoms with Crippen molar-refractivity contribution in [2.75, 3.05) is 26.2 Å². The number of likely N-dealkylation sites (tertiary alicyclic amines) is 1. The Kier molecular flexibility index (Phi) is 7.52. The summed E-state index contributed by atoms with van der Waals surface area (Å²) in [6.07, 6.45) is 1.76. The Morgan fingerprint density at radius 2 is 1.86 bits per heavy atom. The molecule has 1 aliphatic heterocycles. The maximum absolute atomic E-state index is 13.4. The van der Waals surface area contributed by atoms with Gasteiger partial charge in [-0.3, -0.25) is 14.5 Å². The van der Waals surface area contributed by atoms with Gasteiger partial charge in [0.25, 0.3) is 11.6 Å². The molecule has 2 amide bonds. The van der Waals surface area contributed by atoms with Crippen molar-refractivity contribution in [2.24, 2.45) is 5.92 Å². The maximum Gasteiger partial charge on any atom is 0.283 e. The van der Waals surface area contributed by atoms with Gasteiger partial charge in [0.05, 0.1) is 6.54 Å². The molecule has 1 unspecified atom stereocenters. The highest BCUT2D eigenvalue weighted by Crippen LogP contribution is 2.34. The fraction of sp³-hybridized carbons (Fsp3) is 0.600. The van der Waals surface area contributed by atoms with Gasteiger partial charge < -0.3 is 10.6 Å². The molecule has 0 radical (unpaired) electrons. The third-order valence-corrected chi connectivity index (χ3v) is 4.98. The molecule has 28 heavy (non-hydrogen) atoms. The zero-order chi connectivity index (χ0) is 20.9. The van der Waals surface area contributed by atoms with Crippen LogP contribution in [0.4, 0.5) is 8.78 Å². The highest BCUT2D eigenvalue weighted by Gasteiger charge is 2.26. The van der Waals surface area contributed by atoms with Crippen molar-refractivity contribution >= 4 is 21.1 Å². The number of amides is 2. The monoisotopic (exact) mass is 413 g/mol. The highest BCUT2D eigenvalue weighted by molar-refractivity contribution is 7.17. The molecular weight excluding hydrogens is 383 g/mol. The van der Waals surface area contributed by atoms with E-state index in [-0.39, 0.29) is 28.5 Å². The lowest BCUT2D eigenvalue weighted by Crippen LogP contribution is -2.48. The second-order valence-electron chi connectivity index (χ2n) is 8.43. The van der Waals surface area contributed by atoms with E-state index in [1.54, 1.807) is 0 Å². The molecule has 1 fully saturated rings. The van der Waals surface area contributed by atoms with Gasteiger partial charge in [0.2, 0.25) is 5.91 Å². The number of carbonyl (C=O) groups excluding carboxylic acids is 2. The maximum atomic E-state index is 13.4. The molecule has 0 saturated carbocycles. The number of nitrogens with zero attached hydrogens (tertiary/aromatic N) is 1. The van der Waals surface area contributed by atoms with Crippen LogP contribution in [0.25, 0.3) is 0 Å². The number of carbonyl (C=O) groups is 2. The summed E-state index contributed by atoms with van der Waals surface area (Å²) in [4.78, 5) is 26.4. The molecule has 1 saturated heterocycles. The van der Waals surface area contributed by atoms with Gasteiger partial charge >= 0.3 is 0 Å². The summed E-state index contributed by atoms with van der Waals surface area (Å²) in [5, 5.41) is 5.80. The first-order valence-corrected chi connectivity index (χ1v) is 10.1. The molecule has 0 aliphatic carbocycles. The molecule has 0 bridgehead atoms. The van der Waals surface area contributed by atoms with Crippen molar-refractivity contribution in [1.82, 2.24) is 15.5 Å². The number of piperidine rings is 1. The molecule has 1 heterocycles. The van der Waals surface area contributed by atoms with Crippen molar-refractivity contribution in [2.45, 2.75) is 44.8 Å². The molecule has 5 nitrogen and oxygen atoms in total. The fourth-order valence-corrected chi connectivity index (χ4v) is 3.40. The van der Waals surface area contributed by atoms with Crippen LogP contribution in [0.3, 0.4) is 0 Å². The SMILES string of the molecule is CC(C)(C)NC(=O)CN1CCC(CNC(=O)c2cccc(C(F)(F)P)c2)CC1. The fourth-order valence-electron chi connectivity index (χ4n) is 3.22. The van der Waals surface area contributed by atoms with Crippen LogP contribution in [0.1, 0.15) is 49.5 Å². The minimum atomic E-state index is -3.05. The Bertz CT molecular complexity index is 693. The van der Waals surface area contributed by atoms with E-state index in [2.05, 4.69) is 15.5 Å². The van der Waals surface area contributed by atoms with Gasteiger partial charge in [-0.05, 0) is 64.8 Å². The van der Waals surface area contributed by atoms with Crippen molar-refractivity contribution in [3.8, 4) is 0 Å². The summed E-state index contributed by atoms with van der Waals surface area (Å²) in [6.45, 7) is 8.34. The first-order chi connectivity index (χ1) is 12.9. The molecule has 1 aromatic rings. The van der Waals surface area contributed by atoms with Gasteiger partial charge in [-0.2, -0.15) is 8.78 Å². The van der Waals surface area contributed by atoms with E-state index in [1.165, 1.54) is 33.5 Å². The molecule has 0 aromatic heterocycles. The molecule has 2 rings (SSSR count). The zero-order valence-electron chi connectivity index (χ0n) is 16.7. The zero-order valence-corrected chi connectivity index (χ0v) is 17.9. The predicted octanol–water partition coefficient (Wildman–Crippen LogP) is 2.97. The van der Waals surface area contributed by atoms with E-state index in [0.29, 0.717) is 19.0 Å². The molecule has 1 aromatic carbocycles. The van der Waals surface area contributed by atoms with Crippen LogP contribution in [0.5, 0.6) is 0 Å². The summed E-state index contributed by atoms with van der Waals surface area (Å²) >= 11 is 0. The van der Waals surface area contributed by atoms with Crippen molar-refractivity contribution in [1.29, 1.82) is 0 Å². The average Bonchev–Trinajstić information content (AvgIpc) is 2.58. The van der Waals surface area contributed by atoms with Crippen LogP contribution in [-0.2, 0) is 10.5 Å². The minimum Gasteiger partial charge on any atom is -0.352 e. The van der Waals surface area contributed by atoms with Crippen molar-refractivity contribution in [3.63, 3.8) is 0 Å². The van der Waals surface area contributed by atoms with Crippen LogP contribution in [0.15, 0.2) is 24.3 Å². The summed E-state index contributed by atoms with van der Waals surface area (Å²) in [5.74, 6) is -0.00894. The summed E-state index contributed by atoms with van der Waals surface area (Å²) in [5.41, 5.74) is -3.26. The molecule has 2 N–H and O–H groups in total.